The first-order valence-electron chi connectivity index (χ1n) is 8.55. The van der Waals surface area contributed by atoms with Gasteiger partial charge in [0.2, 0.25) is 5.91 Å². The van der Waals surface area contributed by atoms with Gasteiger partial charge in [-0.15, -0.1) is 0 Å². The molecule has 2 aromatic heterocycles. The molecule has 2 amide bonds. The lowest BCUT2D eigenvalue weighted by molar-refractivity contribution is -0.122. The van der Waals surface area contributed by atoms with Crippen molar-refractivity contribution in [3.05, 3.63) is 41.7 Å². The van der Waals surface area contributed by atoms with E-state index in [0.29, 0.717) is 28.3 Å². The second kappa shape index (κ2) is 7.69. The van der Waals surface area contributed by atoms with Crippen LogP contribution in [-0.2, 0) is 18.4 Å². The van der Waals surface area contributed by atoms with E-state index in [-0.39, 0.29) is 12.3 Å². The number of nitrogens with zero attached hydrogens (tertiary/aromatic N) is 3. The Morgan fingerprint density at radius 2 is 2.18 bits per heavy atom. The van der Waals surface area contributed by atoms with Crippen molar-refractivity contribution in [2.24, 2.45) is 12.8 Å². The van der Waals surface area contributed by atoms with E-state index in [0.717, 1.165) is 0 Å². The maximum atomic E-state index is 12.7. The number of hydrogen-bond acceptors (Lipinski definition) is 7. The van der Waals surface area contributed by atoms with Gasteiger partial charge in [0, 0.05) is 19.4 Å². The Morgan fingerprint density at radius 3 is 2.79 bits per heavy atom. The van der Waals surface area contributed by atoms with Gasteiger partial charge >= 0.3 is 0 Å². The zero-order valence-corrected chi connectivity index (χ0v) is 15.7. The average molecular weight is 387 g/mol. The number of nitrogens with one attached hydrogen (secondary N) is 1. The zero-order valence-electron chi connectivity index (χ0n) is 15.7. The molecule has 0 radical (unpaired) electrons. The topological polar surface area (TPSA) is 146 Å². The second-order valence-electron chi connectivity index (χ2n) is 6.38. The lowest BCUT2D eigenvalue weighted by atomic mass is 10.1. The van der Waals surface area contributed by atoms with Crippen LogP contribution in [0.3, 0.4) is 0 Å². The molecule has 0 aliphatic rings. The van der Waals surface area contributed by atoms with Crippen LogP contribution >= 0.6 is 0 Å². The van der Waals surface area contributed by atoms with Crippen molar-refractivity contribution < 1.29 is 23.8 Å². The molecule has 0 bridgehead atoms. The van der Waals surface area contributed by atoms with E-state index in [9.17, 15) is 14.7 Å². The number of carbonyl (C=O) groups is 2. The molecule has 3 aromatic rings. The fourth-order valence-corrected chi connectivity index (χ4v) is 2.80. The number of nitrogens with two attached hydrogens (primary N) is 1. The molecule has 0 aliphatic heterocycles. The van der Waals surface area contributed by atoms with Gasteiger partial charge in [0.15, 0.2) is 11.7 Å². The van der Waals surface area contributed by atoms with E-state index in [4.69, 9.17) is 14.9 Å². The second-order valence-corrected chi connectivity index (χ2v) is 6.38. The average Bonchev–Trinajstić information content (AvgIpc) is 3.18. The quantitative estimate of drug-likeness (QED) is 0.532. The highest BCUT2D eigenvalue weighted by atomic mass is 16.5. The largest absolute Gasteiger partial charge is 0.486 e. The molecule has 0 spiro atoms. The summed E-state index contributed by atoms with van der Waals surface area (Å²) in [6.07, 6.45) is 0.446. The summed E-state index contributed by atoms with van der Waals surface area (Å²) in [5.41, 5.74) is 6.02. The number of hydrogen-bond donors (Lipinski definition) is 3. The summed E-state index contributed by atoms with van der Waals surface area (Å²) in [7, 11) is 1.61. The first-order chi connectivity index (χ1) is 13.3. The van der Waals surface area contributed by atoms with Gasteiger partial charge in [-0.1, -0.05) is 0 Å². The maximum Gasteiger partial charge on any atom is 0.270 e. The Balaban J connectivity index is 1.86. The van der Waals surface area contributed by atoms with E-state index in [2.05, 4.69) is 15.4 Å². The molecule has 2 atom stereocenters. The summed E-state index contributed by atoms with van der Waals surface area (Å²) in [5, 5.41) is 16.9. The predicted molar refractivity (Wildman–Crippen MR) is 98.4 cm³/mol. The standard InChI is InChI=1S/C18H21N5O5/c1-9(24)15(17(19)25)21-18(26)16-13-6-11(4-5-14(13)22-23(16)3)27-8-12-7-20-10(2)28-12/h4-7,9,15,24H,8H2,1-3H3,(H2,19,25)(H,21,26)/t9-,15+/m1/s1. The van der Waals surface area contributed by atoms with Gasteiger partial charge in [-0.3, -0.25) is 14.3 Å². The number of aryl methyl sites for hydroxylation is 2. The van der Waals surface area contributed by atoms with Crippen molar-refractivity contribution in [3.8, 4) is 5.75 Å². The number of benzene rings is 1. The van der Waals surface area contributed by atoms with Gasteiger partial charge in [-0.25, -0.2) is 4.98 Å². The first kappa shape index (κ1) is 19.4. The molecule has 0 saturated heterocycles. The summed E-state index contributed by atoms with van der Waals surface area (Å²) >= 11 is 0. The third kappa shape index (κ3) is 3.96. The van der Waals surface area contributed by atoms with E-state index < -0.39 is 24.0 Å². The van der Waals surface area contributed by atoms with Crippen molar-refractivity contribution in [2.45, 2.75) is 32.6 Å². The van der Waals surface area contributed by atoms with Crippen LogP contribution in [0.4, 0.5) is 0 Å². The molecule has 2 heterocycles. The van der Waals surface area contributed by atoms with Crippen LogP contribution in [0.2, 0.25) is 0 Å². The van der Waals surface area contributed by atoms with E-state index in [1.54, 1.807) is 38.4 Å². The Hall–Kier alpha value is -3.40. The fraction of sp³-hybridized carbons (Fsp3) is 0.333. The Morgan fingerprint density at radius 1 is 1.43 bits per heavy atom. The molecule has 1 aromatic carbocycles. The van der Waals surface area contributed by atoms with E-state index >= 15 is 0 Å². The minimum Gasteiger partial charge on any atom is -0.486 e. The van der Waals surface area contributed by atoms with Crippen molar-refractivity contribution >= 4 is 22.7 Å². The Bertz CT molecular complexity index is 1020. The summed E-state index contributed by atoms with van der Waals surface area (Å²) in [4.78, 5) is 28.2. The van der Waals surface area contributed by atoms with Gasteiger partial charge in [-0.05, 0) is 25.1 Å². The van der Waals surface area contributed by atoms with Crippen LogP contribution in [0.5, 0.6) is 5.75 Å². The third-order valence-electron chi connectivity index (χ3n) is 4.15. The highest BCUT2D eigenvalue weighted by Gasteiger charge is 2.26. The molecule has 10 heteroatoms. The number of aromatic nitrogens is 3. The van der Waals surface area contributed by atoms with Gasteiger partial charge in [0.1, 0.15) is 24.1 Å². The minimum atomic E-state index is -1.22. The van der Waals surface area contributed by atoms with Crippen molar-refractivity contribution in [1.82, 2.24) is 20.1 Å². The predicted octanol–water partition coefficient (Wildman–Crippen LogP) is 0.413. The molecule has 148 valence electrons. The summed E-state index contributed by atoms with van der Waals surface area (Å²) < 4.78 is 12.5. The Kier molecular flexibility index (Phi) is 5.32. The van der Waals surface area contributed by atoms with Gasteiger partial charge < -0.3 is 25.3 Å². The number of amides is 2. The van der Waals surface area contributed by atoms with Gasteiger partial charge in [0.05, 0.1) is 17.8 Å². The molecule has 0 aliphatic carbocycles. The third-order valence-corrected chi connectivity index (χ3v) is 4.15. The number of primary amides is 1. The summed E-state index contributed by atoms with van der Waals surface area (Å²) in [6.45, 7) is 3.29. The van der Waals surface area contributed by atoms with Gasteiger partial charge in [-0.2, -0.15) is 5.10 Å². The maximum absolute atomic E-state index is 12.7. The summed E-state index contributed by atoms with van der Waals surface area (Å²) in [5.74, 6) is 0.204. The highest BCUT2D eigenvalue weighted by Crippen LogP contribution is 2.24. The van der Waals surface area contributed by atoms with Crippen molar-refractivity contribution in [1.29, 1.82) is 0 Å². The van der Waals surface area contributed by atoms with Crippen LogP contribution in [0.25, 0.3) is 10.9 Å². The van der Waals surface area contributed by atoms with E-state index in [1.807, 2.05) is 0 Å². The van der Waals surface area contributed by atoms with Crippen molar-refractivity contribution in [3.63, 3.8) is 0 Å². The molecular formula is C18H21N5O5. The molecule has 4 N–H and O–H groups in total. The van der Waals surface area contributed by atoms with Crippen molar-refractivity contribution in [2.75, 3.05) is 0 Å². The van der Waals surface area contributed by atoms with Crippen LogP contribution in [0.1, 0.15) is 29.1 Å². The molecular weight excluding hydrogens is 366 g/mol. The van der Waals surface area contributed by atoms with Gasteiger partial charge in [0.25, 0.3) is 5.91 Å². The number of ether oxygens (including phenoxy) is 1. The smallest absolute Gasteiger partial charge is 0.270 e. The fourth-order valence-electron chi connectivity index (χ4n) is 2.80. The van der Waals surface area contributed by atoms with E-state index in [1.165, 1.54) is 11.6 Å². The zero-order chi connectivity index (χ0) is 20.4. The number of aliphatic hydroxyl groups is 1. The number of carbonyl (C=O) groups excluding carboxylic acids is 2. The normalized spacial score (nSPS) is 13.3. The number of aliphatic hydroxyl groups excluding tert-OH is 1. The lowest BCUT2D eigenvalue weighted by Gasteiger charge is -2.18. The van der Waals surface area contributed by atoms with Crippen LogP contribution in [0.15, 0.2) is 28.8 Å². The molecule has 3 rings (SSSR count). The highest BCUT2D eigenvalue weighted by molar-refractivity contribution is 6.06. The van der Waals surface area contributed by atoms with Crippen LogP contribution in [0, 0.1) is 6.92 Å². The molecule has 28 heavy (non-hydrogen) atoms. The Labute approximate surface area is 160 Å². The summed E-state index contributed by atoms with van der Waals surface area (Å²) in [6, 6.07) is 3.89. The lowest BCUT2D eigenvalue weighted by Crippen LogP contribution is -2.51. The molecule has 0 fully saturated rings. The molecule has 0 unspecified atom stereocenters. The number of fused-ring (bicyclic) bond motifs is 1. The molecule has 10 nitrogen and oxygen atoms in total. The van der Waals surface area contributed by atoms with Crippen LogP contribution in [-0.4, -0.2) is 43.8 Å². The van der Waals surface area contributed by atoms with Crippen LogP contribution < -0.4 is 15.8 Å². The SMILES string of the molecule is Cc1ncc(COc2ccc3nn(C)c(C(=O)N[C@H](C(N)=O)[C@@H](C)O)c3c2)o1. The minimum absolute atomic E-state index is 0.180. The number of rotatable bonds is 7. The molecule has 0 saturated carbocycles. The first-order valence-corrected chi connectivity index (χ1v) is 8.55. The monoisotopic (exact) mass is 387 g/mol. The number of oxazole rings is 1.